The van der Waals surface area contributed by atoms with Gasteiger partial charge in [0.2, 0.25) is 5.91 Å². The molecule has 0 aromatic carbocycles. The monoisotopic (exact) mass is 559 g/mol. The normalized spacial score (nSPS) is 42.5. The van der Waals surface area contributed by atoms with E-state index in [1.807, 2.05) is 16.7 Å². The van der Waals surface area contributed by atoms with Gasteiger partial charge in [0, 0.05) is 43.1 Å². The van der Waals surface area contributed by atoms with Crippen LogP contribution in [-0.2, 0) is 9.53 Å². The molecule has 4 heterocycles. The number of fused-ring (bicyclic) bond motifs is 1. The van der Waals surface area contributed by atoms with Crippen molar-refractivity contribution in [2.24, 2.45) is 35.0 Å². The molecule has 2 aliphatic carbocycles. The van der Waals surface area contributed by atoms with Crippen molar-refractivity contribution in [3.8, 4) is 0 Å². The van der Waals surface area contributed by atoms with Crippen LogP contribution in [0, 0.1) is 35.0 Å². The molecule has 222 valence electrons. The number of hydrogen-bond acceptors (Lipinski definition) is 6. The van der Waals surface area contributed by atoms with Gasteiger partial charge < -0.3 is 9.64 Å². The molecule has 7 nitrogen and oxygen atoms in total. The fourth-order valence-corrected chi connectivity index (χ4v) is 8.95. The third kappa shape index (κ3) is 5.24. The summed E-state index contributed by atoms with van der Waals surface area (Å²) in [4.78, 5) is 20.0. The van der Waals surface area contributed by atoms with E-state index in [1.165, 1.54) is 0 Å². The zero-order valence-electron chi connectivity index (χ0n) is 23.3. The second kappa shape index (κ2) is 10.7. The van der Waals surface area contributed by atoms with Crippen molar-refractivity contribution in [3.05, 3.63) is 0 Å². The van der Waals surface area contributed by atoms with E-state index in [9.17, 15) is 22.4 Å². The molecule has 2 N–H and O–H groups in total. The minimum Gasteiger partial charge on any atom is -0.380 e. The molecule has 0 spiro atoms. The van der Waals surface area contributed by atoms with Crippen molar-refractivity contribution >= 4 is 5.91 Å². The van der Waals surface area contributed by atoms with E-state index in [1.54, 1.807) is 0 Å². The zero-order valence-corrected chi connectivity index (χ0v) is 23.3. The lowest BCUT2D eigenvalue weighted by molar-refractivity contribution is -0.205. The highest BCUT2D eigenvalue weighted by Gasteiger charge is 2.59. The van der Waals surface area contributed by atoms with Gasteiger partial charge >= 0.3 is 6.18 Å². The number of nitrogens with zero attached hydrogens (tertiary/aromatic N) is 3. The van der Waals surface area contributed by atoms with Gasteiger partial charge in [-0.1, -0.05) is 6.42 Å². The van der Waals surface area contributed by atoms with E-state index in [0.29, 0.717) is 45.1 Å². The predicted molar refractivity (Wildman–Crippen MR) is 138 cm³/mol. The van der Waals surface area contributed by atoms with Crippen LogP contribution in [0.5, 0.6) is 0 Å². The SMILES string of the molecule is C[C@@H](C1CC2C(=O)N(C3CCCC(C4(CC5NNCN5C)COC4)C3)CC2C(C(F)(F)F)C1)N1CC[C@H](F)C1. The van der Waals surface area contributed by atoms with Crippen molar-refractivity contribution in [1.82, 2.24) is 25.6 Å². The number of rotatable bonds is 6. The molecule has 4 aliphatic heterocycles. The van der Waals surface area contributed by atoms with Crippen molar-refractivity contribution < 1.29 is 27.1 Å². The van der Waals surface area contributed by atoms with Crippen LogP contribution in [0.4, 0.5) is 17.6 Å². The van der Waals surface area contributed by atoms with E-state index in [4.69, 9.17) is 4.74 Å². The maximum Gasteiger partial charge on any atom is 0.392 e. The van der Waals surface area contributed by atoms with Crippen molar-refractivity contribution in [1.29, 1.82) is 0 Å². The number of carbonyl (C=O) groups excluding carboxylic acids is 1. The number of carbonyl (C=O) groups is 1. The van der Waals surface area contributed by atoms with Gasteiger partial charge in [0.05, 0.1) is 32.0 Å². The summed E-state index contributed by atoms with van der Waals surface area (Å²) in [5, 5.41) is 0. The first-order valence-corrected chi connectivity index (χ1v) is 15.1. The van der Waals surface area contributed by atoms with Crippen LogP contribution in [0.1, 0.15) is 58.3 Å². The average Bonchev–Trinajstić information content (AvgIpc) is 3.58. The molecule has 0 aromatic heterocycles. The second-order valence-electron chi connectivity index (χ2n) is 13.6. The fourth-order valence-electron chi connectivity index (χ4n) is 8.95. The van der Waals surface area contributed by atoms with Gasteiger partial charge in [-0.2, -0.15) is 13.2 Å². The Morgan fingerprint density at radius 2 is 1.92 bits per heavy atom. The number of hydrogen-bond donors (Lipinski definition) is 2. The van der Waals surface area contributed by atoms with E-state index in [0.717, 1.165) is 38.8 Å². The third-order valence-corrected chi connectivity index (χ3v) is 11.5. The lowest BCUT2D eigenvalue weighted by Crippen LogP contribution is -2.56. The van der Waals surface area contributed by atoms with Gasteiger partial charge in [-0.05, 0) is 76.7 Å². The Balaban J connectivity index is 1.16. The number of amides is 1. The number of ether oxygens (including phenoxy) is 1. The van der Waals surface area contributed by atoms with Crippen LogP contribution in [0.3, 0.4) is 0 Å². The van der Waals surface area contributed by atoms with Crippen LogP contribution < -0.4 is 10.9 Å². The average molecular weight is 560 g/mol. The topological polar surface area (TPSA) is 60.1 Å². The summed E-state index contributed by atoms with van der Waals surface area (Å²) in [6, 6.07) is -0.143. The van der Waals surface area contributed by atoms with Gasteiger partial charge in [0.25, 0.3) is 0 Å². The summed E-state index contributed by atoms with van der Waals surface area (Å²) < 4.78 is 62.9. The van der Waals surface area contributed by atoms with Gasteiger partial charge in [-0.15, -0.1) is 0 Å². The van der Waals surface area contributed by atoms with Crippen LogP contribution in [-0.4, -0.2) is 97.8 Å². The number of likely N-dealkylation sites (tertiary alicyclic amines) is 2. The Morgan fingerprint density at radius 3 is 2.54 bits per heavy atom. The second-order valence-corrected chi connectivity index (χ2v) is 13.6. The largest absolute Gasteiger partial charge is 0.392 e. The highest BCUT2D eigenvalue weighted by atomic mass is 19.4. The molecular weight excluding hydrogens is 514 g/mol. The van der Waals surface area contributed by atoms with Crippen molar-refractivity contribution in [2.75, 3.05) is 46.6 Å². The first kappa shape index (κ1) is 28.1. The third-order valence-electron chi connectivity index (χ3n) is 11.5. The lowest BCUT2D eigenvalue weighted by atomic mass is 9.64. The minimum atomic E-state index is -4.33. The molecule has 0 aromatic rings. The van der Waals surface area contributed by atoms with Crippen molar-refractivity contribution in [3.63, 3.8) is 0 Å². The van der Waals surface area contributed by atoms with E-state index >= 15 is 0 Å². The fraction of sp³-hybridized carbons (Fsp3) is 0.964. The molecule has 11 heteroatoms. The van der Waals surface area contributed by atoms with E-state index < -0.39 is 30.1 Å². The summed E-state index contributed by atoms with van der Waals surface area (Å²) in [6.07, 6.45) is 0.698. The number of nitrogens with one attached hydrogen (secondary N) is 2. The van der Waals surface area contributed by atoms with Crippen LogP contribution in [0.25, 0.3) is 0 Å². The molecule has 39 heavy (non-hydrogen) atoms. The van der Waals surface area contributed by atoms with Gasteiger partial charge in [-0.3, -0.25) is 14.6 Å². The first-order valence-electron chi connectivity index (χ1n) is 15.1. The first-order chi connectivity index (χ1) is 18.6. The van der Waals surface area contributed by atoms with Crippen molar-refractivity contribution in [2.45, 2.75) is 88.9 Å². The lowest BCUT2D eigenvalue weighted by Gasteiger charge is -2.52. The zero-order chi connectivity index (χ0) is 27.5. The summed E-state index contributed by atoms with van der Waals surface area (Å²) >= 11 is 0. The smallest absolute Gasteiger partial charge is 0.380 e. The predicted octanol–water partition coefficient (Wildman–Crippen LogP) is 3.37. The number of halogens is 4. The van der Waals surface area contributed by atoms with Gasteiger partial charge in [0.1, 0.15) is 6.17 Å². The molecule has 7 unspecified atom stereocenters. The molecule has 6 aliphatic rings. The quantitative estimate of drug-likeness (QED) is 0.487. The summed E-state index contributed by atoms with van der Waals surface area (Å²) in [7, 11) is 2.09. The molecule has 1 amide bonds. The summed E-state index contributed by atoms with van der Waals surface area (Å²) in [5.41, 5.74) is 6.60. The Hall–Kier alpha value is -1.01. The molecule has 6 rings (SSSR count). The molecule has 9 atom stereocenters. The molecule has 0 bridgehead atoms. The number of alkyl halides is 4. The Bertz CT molecular complexity index is 904. The van der Waals surface area contributed by atoms with E-state index in [-0.39, 0.29) is 48.5 Å². The van der Waals surface area contributed by atoms with Gasteiger partial charge in [-0.25, -0.2) is 15.2 Å². The Kier molecular flexibility index (Phi) is 7.70. The molecule has 4 saturated heterocycles. The van der Waals surface area contributed by atoms with Gasteiger partial charge in [0.15, 0.2) is 0 Å². The van der Waals surface area contributed by atoms with Crippen LogP contribution in [0.2, 0.25) is 0 Å². The van der Waals surface area contributed by atoms with Crippen LogP contribution in [0.15, 0.2) is 0 Å². The standard InChI is InChI=1S/C28H45F4N5O2/c1-17(36-7-6-20(29)12-36)18-8-22-23(24(9-18)28(30,31)32)13-37(26(22)38)21-5-3-4-19(10-21)27(14-39-15-27)11-25-34-33-16-35(25)2/h17-25,33-34H,3-16H2,1-2H3/t17-,18?,19?,20-,21?,22?,23?,24?,25?/m0/s1. The Labute approximate surface area is 229 Å². The maximum atomic E-state index is 14.4. The molecule has 6 fully saturated rings. The summed E-state index contributed by atoms with van der Waals surface area (Å²) in [5.74, 6) is -2.63. The van der Waals surface area contributed by atoms with Crippen LogP contribution >= 0.6 is 0 Å². The highest BCUT2D eigenvalue weighted by molar-refractivity contribution is 5.82. The molecule has 0 radical (unpaired) electrons. The Morgan fingerprint density at radius 1 is 1.13 bits per heavy atom. The maximum absolute atomic E-state index is 14.4. The summed E-state index contributed by atoms with van der Waals surface area (Å²) in [6.45, 7) is 5.24. The van der Waals surface area contributed by atoms with E-state index in [2.05, 4.69) is 22.8 Å². The minimum absolute atomic E-state index is 0.00218. The number of hydrazine groups is 1. The molecular formula is C28H45F4N5O2. The highest BCUT2D eigenvalue weighted by Crippen LogP contribution is 2.53. The molecule has 2 saturated carbocycles.